The van der Waals surface area contributed by atoms with E-state index in [1.807, 2.05) is 25.1 Å². The maximum atomic E-state index is 13.4. The number of nitrogens with zero attached hydrogens (tertiary/aromatic N) is 2. The molecule has 0 saturated heterocycles. The molecule has 35 heavy (non-hydrogen) atoms. The fourth-order valence-electron chi connectivity index (χ4n) is 4.32. The number of amides is 1. The fourth-order valence-corrected chi connectivity index (χ4v) is 4.49. The van der Waals surface area contributed by atoms with Crippen molar-refractivity contribution in [3.05, 3.63) is 57.7 Å². The maximum absolute atomic E-state index is 13.4. The van der Waals surface area contributed by atoms with Crippen molar-refractivity contribution in [2.24, 2.45) is 0 Å². The largest absolute Gasteiger partial charge is 0.507 e. The number of H-pyrrole nitrogens is 1. The van der Waals surface area contributed by atoms with Gasteiger partial charge < -0.3 is 24.2 Å². The number of phenols is 1. The average Bonchev–Trinajstić information content (AvgIpc) is 3.39. The number of carbonyl (C=O) groups excluding carboxylic acids is 1. The molecule has 0 radical (unpaired) electrons. The van der Waals surface area contributed by atoms with Crippen LogP contribution in [0.1, 0.15) is 53.0 Å². The summed E-state index contributed by atoms with van der Waals surface area (Å²) in [7, 11) is 3.19. The Balaban J connectivity index is 1.83. The van der Waals surface area contributed by atoms with Crippen LogP contribution >= 0.6 is 11.6 Å². The predicted octanol–water partition coefficient (Wildman–Crippen LogP) is 5.12. The molecule has 1 aromatic heterocycles. The summed E-state index contributed by atoms with van der Waals surface area (Å²) in [6.07, 6.45) is 1.97. The fraction of sp³-hybridized carbons (Fsp3) is 0.385. The topological polar surface area (TPSA) is 96.9 Å². The average molecular weight is 500 g/mol. The number of hydrogen-bond acceptors (Lipinski definition) is 6. The van der Waals surface area contributed by atoms with Crippen molar-refractivity contribution in [1.82, 2.24) is 15.1 Å². The molecule has 0 fully saturated rings. The minimum absolute atomic E-state index is 0.0417. The zero-order chi connectivity index (χ0) is 25.1. The highest BCUT2D eigenvalue weighted by Crippen LogP contribution is 2.46. The van der Waals surface area contributed by atoms with Gasteiger partial charge >= 0.3 is 0 Å². The highest BCUT2D eigenvalue weighted by Gasteiger charge is 2.42. The van der Waals surface area contributed by atoms with Gasteiger partial charge in [-0.05, 0) is 48.7 Å². The first-order chi connectivity index (χ1) is 16.9. The van der Waals surface area contributed by atoms with Crippen molar-refractivity contribution >= 4 is 17.5 Å². The number of ether oxygens (including phenoxy) is 3. The molecule has 2 N–H and O–H groups in total. The second-order valence-corrected chi connectivity index (χ2v) is 8.89. The minimum Gasteiger partial charge on any atom is -0.507 e. The summed E-state index contributed by atoms with van der Waals surface area (Å²) < 4.78 is 16.8. The molecule has 0 spiro atoms. The SMILES string of the molecule is CCCCOc1ccc(C2c3c(-c4cc(Cl)c(C)cc4O)n[nH]c3C(=O)N2CCOC)cc1OC. The molecule has 186 valence electrons. The zero-order valence-electron chi connectivity index (χ0n) is 20.4. The molecule has 0 saturated carbocycles. The van der Waals surface area contributed by atoms with E-state index < -0.39 is 6.04 Å². The van der Waals surface area contributed by atoms with Crippen molar-refractivity contribution in [2.75, 3.05) is 34.0 Å². The molecule has 2 heterocycles. The van der Waals surface area contributed by atoms with Crippen molar-refractivity contribution in [3.63, 3.8) is 0 Å². The van der Waals surface area contributed by atoms with Gasteiger partial charge in [-0.1, -0.05) is 31.0 Å². The van der Waals surface area contributed by atoms with Gasteiger partial charge in [-0.3, -0.25) is 9.89 Å². The molecule has 8 nitrogen and oxygen atoms in total. The number of phenolic OH excluding ortho intramolecular Hbond substituents is 1. The summed E-state index contributed by atoms with van der Waals surface area (Å²) in [6, 6.07) is 8.47. The van der Waals surface area contributed by atoms with Gasteiger partial charge in [0.2, 0.25) is 0 Å². The van der Waals surface area contributed by atoms with Crippen LogP contribution in [-0.4, -0.2) is 60.1 Å². The van der Waals surface area contributed by atoms with Crippen LogP contribution in [0, 0.1) is 6.92 Å². The van der Waals surface area contributed by atoms with Crippen LogP contribution < -0.4 is 9.47 Å². The van der Waals surface area contributed by atoms with E-state index in [1.165, 1.54) is 0 Å². The molecule has 1 unspecified atom stereocenters. The summed E-state index contributed by atoms with van der Waals surface area (Å²) >= 11 is 6.37. The van der Waals surface area contributed by atoms with E-state index in [0.29, 0.717) is 58.8 Å². The standard InChI is InChI=1S/C26H30ClN3O5/c1-5-6-10-35-20-8-7-16(13-21(20)34-4)25-22-23(17-14-18(27)15(2)12-19(17)31)28-29-24(22)26(32)30(25)9-11-33-3/h7-8,12-14,25,31H,5-6,9-11H2,1-4H3,(H,28,29). The van der Waals surface area contributed by atoms with Crippen molar-refractivity contribution in [2.45, 2.75) is 32.7 Å². The number of aromatic hydroxyl groups is 1. The Morgan fingerprint density at radius 2 is 1.97 bits per heavy atom. The van der Waals surface area contributed by atoms with Gasteiger partial charge in [0.05, 0.1) is 26.4 Å². The molecule has 2 aromatic carbocycles. The number of carbonyl (C=O) groups is 1. The summed E-state index contributed by atoms with van der Waals surface area (Å²) in [5.74, 6) is 1.08. The highest BCUT2D eigenvalue weighted by molar-refractivity contribution is 6.31. The van der Waals surface area contributed by atoms with E-state index in [-0.39, 0.29) is 11.7 Å². The minimum atomic E-state index is -0.473. The highest BCUT2D eigenvalue weighted by atomic mass is 35.5. The smallest absolute Gasteiger partial charge is 0.273 e. The first-order valence-corrected chi connectivity index (χ1v) is 12.0. The van der Waals surface area contributed by atoms with Gasteiger partial charge in [0.1, 0.15) is 17.1 Å². The summed E-state index contributed by atoms with van der Waals surface area (Å²) in [6.45, 7) is 5.26. The van der Waals surface area contributed by atoms with E-state index in [9.17, 15) is 9.90 Å². The van der Waals surface area contributed by atoms with Crippen molar-refractivity contribution < 1.29 is 24.1 Å². The van der Waals surface area contributed by atoms with Crippen LogP contribution in [0.15, 0.2) is 30.3 Å². The molecular formula is C26H30ClN3O5. The Hall–Kier alpha value is -3.23. The first kappa shape index (κ1) is 24.9. The Kier molecular flexibility index (Phi) is 7.52. The van der Waals surface area contributed by atoms with Crippen LogP contribution in [0.5, 0.6) is 17.2 Å². The number of benzene rings is 2. The van der Waals surface area contributed by atoms with Gasteiger partial charge in [-0.2, -0.15) is 5.10 Å². The van der Waals surface area contributed by atoms with Gasteiger partial charge in [0, 0.05) is 29.8 Å². The molecule has 1 atom stereocenters. The molecule has 4 rings (SSSR count). The Labute approximate surface area is 209 Å². The van der Waals surface area contributed by atoms with Crippen LogP contribution in [0.25, 0.3) is 11.3 Å². The monoisotopic (exact) mass is 499 g/mol. The molecule has 1 amide bonds. The summed E-state index contributed by atoms with van der Waals surface area (Å²) in [5.41, 5.74) is 3.55. The lowest BCUT2D eigenvalue weighted by molar-refractivity contribution is 0.0677. The summed E-state index contributed by atoms with van der Waals surface area (Å²) in [5, 5.41) is 18.5. The number of hydrogen-bond donors (Lipinski definition) is 2. The third-order valence-electron chi connectivity index (χ3n) is 6.19. The van der Waals surface area contributed by atoms with Gasteiger partial charge in [-0.25, -0.2) is 0 Å². The normalized spacial score (nSPS) is 14.9. The maximum Gasteiger partial charge on any atom is 0.273 e. The lowest BCUT2D eigenvalue weighted by Crippen LogP contribution is -2.32. The predicted molar refractivity (Wildman–Crippen MR) is 134 cm³/mol. The number of methoxy groups -OCH3 is 2. The molecule has 0 aliphatic carbocycles. The zero-order valence-corrected chi connectivity index (χ0v) is 21.1. The number of aromatic amines is 1. The molecule has 0 bridgehead atoms. The quantitative estimate of drug-likeness (QED) is 0.376. The molecule has 9 heteroatoms. The van der Waals surface area contributed by atoms with Crippen molar-refractivity contribution in [1.29, 1.82) is 0 Å². The van der Waals surface area contributed by atoms with E-state index >= 15 is 0 Å². The Morgan fingerprint density at radius 3 is 2.69 bits per heavy atom. The van der Waals surface area contributed by atoms with Gasteiger partial charge in [-0.15, -0.1) is 0 Å². The van der Waals surface area contributed by atoms with Crippen LogP contribution in [0.2, 0.25) is 5.02 Å². The number of rotatable bonds is 10. The summed E-state index contributed by atoms with van der Waals surface area (Å²) in [4.78, 5) is 15.1. The third kappa shape index (κ3) is 4.68. The van der Waals surface area contributed by atoms with E-state index in [0.717, 1.165) is 24.0 Å². The second-order valence-electron chi connectivity index (χ2n) is 8.49. The number of halogens is 1. The lowest BCUT2D eigenvalue weighted by atomic mass is 9.95. The third-order valence-corrected chi connectivity index (χ3v) is 6.60. The molecule has 3 aromatic rings. The van der Waals surface area contributed by atoms with E-state index in [1.54, 1.807) is 31.3 Å². The van der Waals surface area contributed by atoms with Crippen LogP contribution in [0.4, 0.5) is 0 Å². The second kappa shape index (κ2) is 10.6. The van der Waals surface area contributed by atoms with Gasteiger partial charge in [0.25, 0.3) is 5.91 Å². The van der Waals surface area contributed by atoms with Crippen LogP contribution in [-0.2, 0) is 4.74 Å². The Bertz CT molecular complexity index is 1230. The van der Waals surface area contributed by atoms with Crippen molar-refractivity contribution in [3.8, 4) is 28.5 Å². The van der Waals surface area contributed by atoms with E-state index in [4.69, 9.17) is 25.8 Å². The van der Waals surface area contributed by atoms with E-state index in [2.05, 4.69) is 17.1 Å². The lowest BCUT2D eigenvalue weighted by Gasteiger charge is -2.27. The number of fused-ring (bicyclic) bond motifs is 1. The number of nitrogens with one attached hydrogen (secondary N) is 1. The molecule has 1 aliphatic rings. The first-order valence-electron chi connectivity index (χ1n) is 11.6. The van der Waals surface area contributed by atoms with Crippen LogP contribution in [0.3, 0.4) is 0 Å². The number of aryl methyl sites for hydroxylation is 1. The molecular weight excluding hydrogens is 470 g/mol. The number of aromatic nitrogens is 2. The van der Waals surface area contributed by atoms with Gasteiger partial charge in [0.15, 0.2) is 11.5 Å². The number of unbranched alkanes of at least 4 members (excludes halogenated alkanes) is 1. The Morgan fingerprint density at radius 1 is 1.17 bits per heavy atom. The molecule has 1 aliphatic heterocycles.